The second kappa shape index (κ2) is 3.26. The van der Waals surface area contributed by atoms with Crippen molar-refractivity contribution in [2.75, 3.05) is 11.8 Å². The third-order valence-corrected chi connectivity index (χ3v) is 1.19. The number of hydrogen-bond donors (Lipinski definition) is 2. The first-order chi connectivity index (χ1) is 4.86. The molecule has 0 radical (unpaired) electrons. The average Bonchev–Trinajstić information content (AvgIpc) is 2.05. The maximum atomic E-state index is 4.83. The summed E-state index contributed by atoms with van der Waals surface area (Å²) in [4.78, 5) is 7.63. The lowest BCUT2D eigenvalue weighted by Gasteiger charge is -1.98. The van der Waals surface area contributed by atoms with Gasteiger partial charge in [0.2, 0.25) is 5.88 Å². The summed E-state index contributed by atoms with van der Waals surface area (Å²) in [7, 11) is 1.55. The van der Waals surface area contributed by atoms with E-state index in [0.29, 0.717) is 11.7 Å². The Morgan fingerprint density at radius 3 is 3.00 bits per heavy atom. The minimum Gasteiger partial charge on any atom is -0.481 e. The fourth-order valence-electron chi connectivity index (χ4n) is 0.512. The van der Waals surface area contributed by atoms with Crippen LogP contribution in [0.3, 0.4) is 0 Å². The molecule has 1 rings (SSSR count). The maximum absolute atomic E-state index is 4.83. The topological polar surface area (TPSA) is 47.0 Å². The van der Waals surface area contributed by atoms with Crippen LogP contribution in [0.2, 0.25) is 0 Å². The van der Waals surface area contributed by atoms with Gasteiger partial charge in [-0.1, -0.05) is 12.8 Å². The van der Waals surface area contributed by atoms with Crippen molar-refractivity contribution >= 4 is 18.6 Å². The Balaban J connectivity index is 2.87. The molecule has 0 saturated carbocycles. The quantitative estimate of drug-likeness (QED) is 0.622. The summed E-state index contributed by atoms with van der Waals surface area (Å²) in [5.41, 5.74) is 0. The number of nitrogens with one attached hydrogen (secondary N) is 1. The van der Waals surface area contributed by atoms with Gasteiger partial charge in [0.15, 0.2) is 0 Å². The molecule has 1 aromatic heterocycles. The molecule has 0 aliphatic carbocycles. The van der Waals surface area contributed by atoms with Crippen molar-refractivity contribution in [1.29, 1.82) is 0 Å². The molecule has 0 atom stereocenters. The smallest absolute Gasteiger partial charge is 0.218 e. The lowest BCUT2D eigenvalue weighted by atomic mass is 10.6. The molecular weight excluding hydrogens is 150 g/mol. The van der Waals surface area contributed by atoms with Crippen molar-refractivity contribution in [3.8, 4) is 5.88 Å². The van der Waals surface area contributed by atoms with Gasteiger partial charge in [-0.3, -0.25) is 0 Å². The molecule has 1 aromatic rings. The van der Waals surface area contributed by atoms with Gasteiger partial charge < -0.3 is 9.46 Å². The molecule has 0 aliphatic heterocycles. The predicted octanol–water partition coefficient (Wildman–Crippen LogP) is 0.742. The van der Waals surface area contributed by atoms with Crippen LogP contribution in [0.4, 0.5) is 5.82 Å². The SMILES string of the molecule is COc1cc(NS)ncn1. The predicted molar refractivity (Wildman–Crippen MR) is 41.2 cm³/mol. The number of nitrogens with zero attached hydrogens (tertiary/aromatic N) is 2. The van der Waals surface area contributed by atoms with Gasteiger partial charge in [0, 0.05) is 6.07 Å². The summed E-state index contributed by atoms with van der Waals surface area (Å²) in [5.74, 6) is 1.14. The zero-order valence-electron chi connectivity index (χ0n) is 5.40. The van der Waals surface area contributed by atoms with Crippen LogP contribution in [-0.4, -0.2) is 17.1 Å². The van der Waals surface area contributed by atoms with E-state index in [4.69, 9.17) is 4.74 Å². The van der Waals surface area contributed by atoms with E-state index in [2.05, 4.69) is 27.5 Å². The van der Waals surface area contributed by atoms with Gasteiger partial charge in [-0.05, 0) is 0 Å². The van der Waals surface area contributed by atoms with Gasteiger partial charge in [0.25, 0.3) is 0 Å². The van der Waals surface area contributed by atoms with E-state index in [1.807, 2.05) is 0 Å². The van der Waals surface area contributed by atoms with E-state index in [1.54, 1.807) is 13.2 Å². The van der Waals surface area contributed by atoms with Gasteiger partial charge in [0.05, 0.1) is 7.11 Å². The first-order valence-corrected chi connectivity index (χ1v) is 3.07. The van der Waals surface area contributed by atoms with Gasteiger partial charge in [-0.2, -0.15) is 0 Å². The summed E-state index contributed by atoms with van der Waals surface area (Å²) < 4.78 is 7.40. The number of methoxy groups -OCH3 is 1. The molecule has 0 amide bonds. The molecule has 54 valence electrons. The second-order valence-electron chi connectivity index (χ2n) is 1.56. The van der Waals surface area contributed by atoms with E-state index in [0.717, 1.165) is 0 Å². The molecule has 0 aromatic carbocycles. The fourth-order valence-corrected chi connectivity index (χ4v) is 0.635. The van der Waals surface area contributed by atoms with Gasteiger partial charge >= 0.3 is 0 Å². The Bertz CT molecular complexity index is 199. The Hall–Kier alpha value is -0.970. The Morgan fingerprint density at radius 2 is 2.40 bits per heavy atom. The van der Waals surface area contributed by atoms with Crippen molar-refractivity contribution in [3.63, 3.8) is 0 Å². The number of hydrogen-bond acceptors (Lipinski definition) is 5. The minimum absolute atomic E-state index is 0.520. The Morgan fingerprint density at radius 1 is 1.60 bits per heavy atom. The molecule has 0 fully saturated rings. The first-order valence-electron chi connectivity index (χ1n) is 2.63. The van der Waals surface area contributed by atoms with E-state index < -0.39 is 0 Å². The number of ether oxygens (including phenoxy) is 1. The van der Waals surface area contributed by atoms with Crippen LogP contribution in [0, 0.1) is 0 Å². The number of aromatic nitrogens is 2. The van der Waals surface area contributed by atoms with Gasteiger partial charge in [-0.15, -0.1) is 0 Å². The van der Waals surface area contributed by atoms with Crippen LogP contribution in [0.25, 0.3) is 0 Å². The van der Waals surface area contributed by atoms with E-state index in [9.17, 15) is 0 Å². The minimum atomic E-state index is 0.520. The number of anilines is 1. The number of rotatable bonds is 2. The summed E-state index contributed by atoms with van der Waals surface area (Å²) >= 11 is 3.80. The highest BCUT2D eigenvalue weighted by Crippen LogP contribution is 2.09. The van der Waals surface area contributed by atoms with Crippen molar-refractivity contribution in [3.05, 3.63) is 12.4 Å². The first kappa shape index (κ1) is 7.14. The molecule has 0 bridgehead atoms. The Labute approximate surface area is 64.2 Å². The lowest BCUT2D eigenvalue weighted by molar-refractivity contribution is 0.397. The highest BCUT2D eigenvalue weighted by molar-refractivity contribution is 7.81. The normalized spacial score (nSPS) is 9.00. The fraction of sp³-hybridized carbons (Fsp3) is 0.200. The maximum Gasteiger partial charge on any atom is 0.218 e. The molecule has 0 spiro atoms. The van der Waals surface area contributed by atoms with E-state index >= 15 is 0 Å². The largest absolute Gasteiger partial charge is 0.481 e. The Kier molecular flexibility index (Phi) is 2.33. The second-order valence-corrected chi connectivity index (χ2v) is 1.78. The van der Waals surface area contributed by atoms with E-state index in [-0.39, 0.29) is 0 Å². The average molecular weight is 157 g/mol. The lowest BCUT2D eigenvalue weighted by Crippen LogP contribution is -1.91. The van der Waals surface area contributed by atoms with Crippen molar-refractivity contribution in [2.45, 2.75) is 0 Å². The van der Waals surface area contributed by atoms with E-state index in [1.165, 1.54) is 6.33 Å². The molecule has 0 aliphatic rings. The molecule has 0 saturated heterocycles. The van der Waals surface area contributed by atoms with Crippen LogP contribution in [-0.2, 0) is 0 Å². The molecule has 1 heterocycles. The summed E-state index contributed by atoms with van der Waals surface area (Å²) in [6, 6.07) is 1.65. The van der Waals surface area contributed by atoms with Crippen molar-refractivity contribution in [2.24, 2.45) is 0 Å². The monoisotopic (exact) mass is 157 g/mol. The third kappa shape index (κ3) is 1.51. The molecule has 4 nitrogen and oxygen atoms in total. The molecule has 0 unspecified atom stereocenters. The molecule has 5 heteroatoms. The highest BCUT2D eigenvalue weighted by atomic mass is 32.1. The number of thiol groups is 1. The summed E-state index contributed by atoms with van der Waals surface area (Å²) in [6.45, 7) is 0. The van der Waals surface area contributed by atoms with Crippen LogP contribution >= 0.6 is 12.8 Å². The van der Waals surface area contributed by atoms with Gasteiger partial charge in [-0.25, -0.2) is 9.97 Å². The van der Waals surface area contributed by atoms with Crippen molar-refractivity contribution < 1.29 is 4.74 Å². The van der Waals surface area contributed by atoms with Gasteiger partial charge in [0.1, 0.15) is 12.1 Å². The molecule has 10 heavy (non-hydrogen) atoms. The van der Waals surface area contributed by atoms with Crippen molar-refractivity contribution in [1.82, 2.24) is 9.97 Å². The highest BCUT2D eigenvalue weighted by Gasteiger charge is 1.93. The van der Waals surface area contributed by atoms with Crippen LogP contribution in [0.5, 0.6) is 5.88 Å². The standard InChI is InChI=1S/C5H7N3OS/c1-9-5-2-4(8-10)6-3-7-5/h2-3,10H,1H3,(H,6,7,8). The van der Waals surface area contributed by atoms with Crippen LogP contribution in [0.15, 0.2) is 12.4 Å². The van der Waals surface area contributed by atoms with Crippen LogP contribution in [0.1, 0.15) is 0 Å². The zero-order valence-corrected chi connectivity index (χ0v) is 6.30. The third-order valence-electron chi connectivity index (χ3n) is 0.966. The molecular formula is C5H7N3OS. The zero-order chi connectivity index (χ0) is 7.40. The summed E-state index contributed by atoms with van der Waals surface area (Å²) in [5, 5.41) is 0. The summed E-state index contributed by atoms with van der Waals surface area (Å²) in [6.07, 6.45) is 1.40. The van der Waals surface area contributed by atoms with Crippen LogP contribution < -0.4 is 9.46 Å². The molecule has 1 N–H and O–H groups in total.